The lowest BCUT2D eigenvalue weighted by Gasteiger charge is -2.32. The molecule has 5 rings (SSSR count). The molecule has 5 nitrogen and oxygen atoms in total. The fraction of sp³-hybridized carbons (Fsp3) is 0.250. The molecule has 0 saturated heterocycles. The number of benzene rings is 2. The Hall–Kier alpha value is -3.09. The smallest absolute Gasteiger partial charge is 0.257 e. The molecule has 27 heavy (non-hydrogen) atoms. The zero-order chi connectivity index (χ0) is 18.7. The number of nitrogens with zero attached hydrogens (tertiary/aromatic N) is 5. The monoisotopic (exact) mass is 365 g/mol. The van der Waals surface area contributed by atoms with Gasteiger partial charge in [0.05, 0.1) is 5.52 Å². The van der Waals surface area contributed by atoms with Gasteiger partial charge in [-0.3, -0.25) is 4.40 Å². The minimum Gasteiger partial charge on any atom is -0.325 e. The maximum Gasteiger partial charge on any atom is 0.257 e. The summed E-state index contributed by atoms with van der Waals surface area (Å²) in [5, 5.41) is 8.90. The molecular weight excluding hydrogens is 348 g/mol. The average molecular weight is 365 g/mol. The van der Waals surface area contributed by atoms with Crippen molar-refractivity contribution in [2.45, 2.75) is 26.7 Å². The fourth-order valence-electron chi connectivity index (χ4n) is 4.02. The normalized spacial score (nSPS) is 14.1. The molecule has 0 N–H and O–H groups in total. The Bertz CT molecular complexity index is 1210. The van der Waals surface area contributed by atoms with Crippen molar-refractivity contribution in [3.63, 3.8) is 0 Å². The number of anilines is 2. The van der Waals surface area contributed by atoms with Crippen molar-refractivity contribution in [2.75, 3.05) is 11.4 Å². The summed E-state index contributed by atoms with van der Waals surface area (Å²) in [6.07, 6.45) is 1.80. The predicted molar refractivity (Wildman–Crippen MR) is 99.4 cm³/mol. The van der Waals surface area contributed by atoms with Gasteiger partial charge in [0, 0.05) is 17.6 Å². The highest BCUT2D eigenvalue weighted by Crippen LogP contribution is 2.38. The number of hydrogen-bond acceptors (Lipinski definition) is 4. The summed E-state index contributed by atoms with van der Waals surface area (Å²) in [6, 6.07) is 7.68. The third-order valence-corrected chi connectivity index (χ3v) is 5.22. The first-order valence-electron chi connectivity index (χ1n) is 8.90. The van der Waals surface area contributed by atoms with E-state index in [1.807, 2.05) is 18.7 Å². The van der Waals surface area contributed by atoms with Crippen LogP contribution in [0.5, 0.6) is 0 Å². The van der Waals surface area contributed by atoms with Gasteiger partial charge in [0.2, 0.25) is 0 Å². The van der Waals surface area contributed by atoms with Gasteiger partial charge >= 0.3 is 0 Å². The van der Waals surface area contributed by atoms with Crippen molar-refractivity contribution in [1.82, 2.24) is 19.6 Å². The molecule has 0 atom stereocenters. The topological polar surface area (TPSA) is 46.3 Å². The maximum absolute atomic E-state index is 14.1. The highest BCUT2D eigenvalue weighted by molar-refractivity contribution is 5.94. The van der Waals surface area contributed by atoms with Crippen LogP contribution >= 0.6 is 0 Å². The van der Waals surface area contributed by atoms with Gasteiger partial charge in [0.1, 0.15) is 23.3 Å². The standard InChI is InChI=1S/C20H17F2N5/c1-11-8-14(22)10-18-15(11)4-3-7-26(18)19-16-9-13(21)5-6-17(16)27-12(2)24-25-20(27)23-19/h5-6,8-10H,3-4,7H2,1-2H3. The molecule has 0 saturated carbocycles. The molecule has 2 aromatic carbocycles. The van der Waals surface area contributed by atoms with Gasteiger partial charge in [-0.05, 0) is 68.1 Å². The first-order chi connectivity index (χ1) is 13.0. The van der Waals surface area contributed by atoms with Gasteiger partial charge in [-0.2, -0.15) is 4.98 Å². The molecule has 2 aromatic heterocycles. The largest absolute Gasteiger partial charge is 0.325 e. The Morgan fingerprint density at radius 1 is 1.00 bits per heavy atom. The summed E-state index contributed by atoms with van der Waals surface area (Å²) in [4.78, 5) is 6.65. The number of aromatic nitrogens is 4. The first kappa shape index (κ1) is 16.1. The van der Waals surface area contributed by atoms with Gasteiger partial charge in [-0.1, -0.05) is 0 Å². The quantitative estimate of drug-likeness (QED) is 0.506. The van der Waals surface area contributed by atoms with Crippen LogP contribution in [0.2, 0.25) is 0 Å². The average Bonchev–Trinajstić information content (AvgIpc) is 3.01. The van der Waals surface area contributed by atoms with E-state index < -0.39 is 0 Å². The van der Waals surface area contributed by atoms with Crippen LogP contribution in [0.4, 0.5) is 20.3 Å². The van der Waals surface area contributed by atoms with Crippen LogP contribution in [0.1, 0.15) is 23.4 Å². The number of fused-ring (bicyclic) bond motifs is 4. The maximum atomic E-state index is 14.1. The third-order valence-electron chi connectivity index (χ3n) is 5.22. The number of hydrogen-bond donors (Lipinski definition) is 0. The molecule has 1 aliphatic heterocycles. The second kappa shape index (κ2) is 5.70. The van der Waals surface area contributed by atoms with Crippen LogP contribution in [-0.2, 0) is 6.42 Å². The van der Waals surface area contributed by atoms with Crippen LogP contribution in [-0.4, -0.2) is 26.1 Å². The van der Waals surface area contributed by atoms with Crippen LogP contribution in [0.3, 0.4) is 0 Å². The highest BCUT2D eigenvalue weighted by Gasteiger charge is 2.25. The summed E-state index contributed by atoms with van der Waals surface area (Å²) in [6.45, 7) is 4.43. The van der Waals surface area contributed by atoms with Gasteiger partial charge in [0.25, 0.3) is 5.78 Å². The molecule has 0 radical (unpaired) electrons. The molecule has 136 valence electrons. The highest BCUT2D eigenvalue weighted by atomic mass is 19.1. The van der Waals surface area contributed by atoms with E-state index in [0.29, 0.717) is 29.4 Å². The molecule has 1 aliphatic rings. The molecule has 0 aliphatic carbocycles. The van der Waals surface area contributed by atoms with E-state index in [1.54, 1.807) is 16.5 Å². The molecule has 0 spiro atoms. The van der Waals surface area contributed by atoms with Gasteiger partial charge in [-0.25, -0.2) is 8.78 Å². The van der Waals surface area contributed by atoms with E-state index >= 15 is 0 Å². The Morgan fingerprint density at radius 2 is 1.85 bits per heavy atom. The summed E-state index contributed by atoms with van der Waals surface area (Å²) >= 11 is 0. The zero-order valence-electron chi connectivity index (χ0n) is 15.0. The lowest BCUT2D eigenvalue weighted by molar-refractivity contribution is 0.622. The van der Waals surface area contributed by atoms with Gasteiger partial charge in [-0.15, -0.1) is 10.2 Å². The van der Waals surface area contributed by atoms with E-state index in [9.17, 15) is 8.78 Å². The first-order valence-corrected chi connectivity index (χ1v) is 8.90. The van der Waals surface area contributed by atoms with E-state index in [4.69, 9.17) is 0 Å². The predicted octanol–water partition coefficient (Wildman–Crippen LogP) is 4.26. The SMILES string of the molecule is Cc1cc(F)cc2c1CCCN2c1nc2nnc(C)n2c2ccc(F)cc12. The number of aryl methyl sites for hydroxylation is 2. The Kier molecular flexibility index (Phi) is 3.40. The van der Waals surface area contributed by atoms with E-state index in [0.717, 1.165) is 35.2 Å². The summed E-state index contributed by atoms with van der Waals surface area (Å²) in [7, 11) is 0. The molecule has 7 heteroatoms. The lowest BCUT2D eigenvalue weighted by Crippen LogP contribution is -2.26. The second-order valence-electron chi connectivity index (χ2n) is 6.96. The van der Waals surface area contributed by atoms with Crippen LogP contribution in [0.15, 0.2) is 30.3 Å². The summed E-state index contributed by atoms with van der Waals surface area (Å²) in [5.41, 5.74) is 3.59. The number of rotatable bonds is 1. The molecule has 0 amide bonds. The van der Waals surface area contributed by atoms with Crippen molar-refractivity contribution in [3.8, 4) is 0 Å². The second-order valence-corrected chi connectivity index (χ2v) is 6.96. The molecule has 3 heterocycles. The molecule has 0 bridgehead atoms. The van der Waals surface area contributed by atoms with E-state index in [1.165, 1.54) is 18.2 Å². The zero-order valence-corrected chi connectivity index (χ0v) is 15.0. The number of halogens is 2. The van der Waals surface area contributed by atoms with Crippen LogP contribution < -0.4 is 4.90 Å². The Balaban J connectivity index is 1.85. The fourth-order valence-corrected chi connectivity index (χ4v) is 4.02. The van der Waals surface area contributed by atoms with Crippen LogP contribution in [0.25, 0.3) is 16.7 Å². The molecule has 0 fully saturated rings. The summed E-state index contributed by atoms with van der Waals surface area (Å²) in [5.74, 6) is 1.08. The summed E-state index contributed by atoms with van der Waals surface area (Å²) < 4.78 is 30.0. The minimum atomic E-state index is -0.344. The van der Waals surface area contributed by atoms with Crippen molar-refractivity contribution in [3.05, 3.63) is 58.9 Å². The van der Waals surface area contributed by atoms with Gasteiger partial charge in [0.15, 0.2) is 0 Å². The van der Waals surface area contributed by atoms with Crippen molar-refractivity contribution in [2.24, 2.45) is 0 Å². The Labute approximate surface area is 154 Å². The molecule has 0 unspecified atom stereocenters. The molecular formula is C20H17F2N5. The molecule has 4 aromatic rings. The minimum absolute atomic E-state index is 0.284. The Morgan fingerprint density at radius 3 is 2.70 bits per heavy atom. The van der Waals surface area contributed by atoms with Gasteiger partial charge < -0.3 is 4.90 Å². The van der Waals surface area contributed by atoms with Crippen molar-refractivity contribution >= 4 is 28.2 Å². The van der Waals surface area contributed by atoms with Crippen molar-refractivity contribution < 1.29 is 8.78 Å². The van der Waals surface area contributed by atoms with E-state index in [2.05, 4.69) is 15.2 Å². The third kappa shape index (κ3) is 2.38. The van der Waals surface area contributed by atoms with Crippen molar-refractivity contribution in [1.29, 1.82) is 0 Å². The van der Waals surface area contributed by atoms with E-state index in [-0.39, 0.29) is 11.6 Å². The lowest BCUT2D eigenvalue weighted by atomic mass is 9.96. The van der Waals surface area contributed by atoms with Crippen LogP contribution in [0, 0.1) is 25.5 Å².